The molecule has 1 rings (SSSR count). The smallest absolute Gasteiger partial charge is 0.215 e. The molecule has 1 aromatic rings. The number of aliphatic hydroxyl groups is 1. The van der Waals surface area contributed by atoms with E-state index >= 15 is 0 Å². The highest BCUT2D eigenvalue weighted by atomic mass is 16.3. The second kappa shape index (κ2) is 8.77. The van der Waals surface area contributed by atoms with Gasteiger partial charge < -0.3 is 15.7 Å². The molecule has 5 heteroatoms. The van der Waals surface area contributed by atoms with Crippen molar-refractivity contribution in [1.82, 2.24) is 10.6 Å². The van der Waals surface area contributed by atoms with E-state index < -0.39 is 6.10 Å². The van der Waals surface area contributed by atoms with Crippen LogP contribution in [0.1, 0.15) is 19.4 Å². The van der Waals surface area contributed by atoms with Gasteiger partial charge in [-0.25, -0.2) is 0 Å². The standard InChI is InChI=1S/C15H25BN2O2/c1-11(2)9-17-10-14(19)13(18-15(16)20)8-12-6-4-3-5-7-12/h3-7,11,13-14,17,19H,8-10,16H2,1-2H3,(H,18,20)/t13-,14+/m0/s1. The van der Waals surface area contributed by atoms with Gasteiger partial charge in [0.2, 0.25) is 7.85 Å². The maximum Gasteiger partial charge on any atom is 0.215 e. The number of amides is 1. The molecule has 1 amide bonds. The minimum absolute atomic E-state index is 0.117. The predicted molar refractivity (Wildman–Crippen MR) is 84.7 cm³/mol. The Labute approximate surface area is 122 Å². The molecule has 0 aromatic heterocycles. The lowest BCUT2D eigenvalue weighted by atomic mass is 9.99. The first kappa shape index (κ1) is 16.7. The van der Waals surface area contributed by atoms with Crippen molar-refractivity contribution in [3.8, 4) is 0 Å². The summed E-state index contributed by atoms with van der Waals surface area (Å²) in [5.74, 6) is 0.421. The Morgan fingerprint density at radius 2 is 1.90 bits per heavy atom. The fourth-order valence-electron chi connectivity index (χ4n) is 2.07. The van der Waals surface area contributed by atoms with Gasteiger partial charge in [-0.1, -0.05) is 44.2 Å². The average Bonchev–Trinajstić information content (AvgIpc) is 2.38. The van der Waals surface area contributed by atoms with E-state index in [2.05, 4.69) is 24.5 Å². The van der Waals surface area contributed by atoms with Crippen LogP contribution < -0.4 is 10.6 Å². The van der Waals surface area contributed by atoms with Crippen molar-refractivity contribution >= 4 is 13.7 Å². The lowest BCUT2D eigenvalue weighted by Gasteiger charge is -2.24. The summed E-state index contributed by atoms with van der Waals surface area (Å²) in [6.45, 7) is 5.58. The van der Waals surface area contributed by atoms with E-state index in [9.17, 15) is 9.90 Å². The number of carbonyl (C=O) groups is 1. The molecule has 0 spiro atoms. The Bertz CT molecular complexity index is 398. The highest BCUT2D eigenvalue weighted by Crippen LogP contribution is 2.06. The van der Waals surface area contributed by atoms with Crippen LogP contribution in [0.3, 0.4) is 0 Å². The topological polar surface area (TPSA) is 61.4 Å². The summed E-state index contributed by atoms with van der Waals surface area (Å²) in [6, 6.07) is 9.62. The van der Waals surface area contributed by atoms with Crippen molar-refractivity contribution in [3.05, 3.63) is 35.9 Å². The Balaban J connectivity index is 2.56. The molecule has 0 radical (unpaired) electrons. The third kappa shape index (κ3) is 6.73. The van der Waals surface area contributed by atoms with Crippen LogP contribution in [0.5, 0.6) is 0 Å². The van der Waals surface area contributed by atoms with Gasteiger partial charge in [-0.15, -0.1) is 0 Å². The van der Waals surface area contributed by atoms with Crippen molar-refractivity contribution in [3.63, 3.8) is 0 Å². The van der Waals surface area contributed by atoms with Gasteiger partial charge in [-0.3, -0.25) is 4.79 Å². The number of benzene rings is 1. The maximum absolute atomic E-state index is 11.3. The second-order valence-corrected chi connectivity index (χ2v) is 5.62. The fourth-order valence-corrected chi connectivity index (χ4v) is 2.07. The molecule has 0 unspecified atom stereocenters. The van der Waals surface area contributed by atoms with E-state index in [1.807, 2.05) is 30.3 Å². The molecule has 20 heavy (non-hydrogen) atoms. The molecule has 0 aliphatic carbocycles. The first-order valence-electron chi connectivity index (χ1n) is 7.19. The summed E-state index contributed by atoms with van der Waals surface area (Å²) in [6.07, 6.45) is 0.0307. The largest absolute Gasteiger partial charge is 0.390 e. The molecular formula is C15H25BN2O2. The molecule has 3 N–H and O–H groups in total. The van der Waals surface area contributed by atoms with E-state index in [1.54, 1.807) is 0 Å². The highest BCUT2D eigenvalue weighted by molar-refractivity contribution is 6.57. The normalized spacial score (nSPS) is 14.0. The molecule has 0 heterocycles. The minimum Gasteiger partial charge on any atom is -0.390 e. The zero-order chi connectivity index (χ0) is 15.0. The quantitative estimate of drug-likeness (QED) is 0.608. The number of aliphatic hydroxyl groups excluding tert-OH is 1. The van der Waals surface area contributed by atoms with Gasteiger partial charge in [-0.2, -0.15) is 0 Å². The lowest BCUT2D eigenvalue weighted by molar-refractivity contribution is 0.128. The summed E-state index contributed by atoms with van der Waals surface area (Å²) in [4.78, 5) is 11.3. The molecule has 4 nitrogen and oxygen atoms in total. The molecule has 0 bridgehead atoms. The van der Waals surface area contributed by atoms with Crippen LogP contribution in [-0.2, 0) is 6.42 Å². The van der Waals surface area contributed by atoms with Crippen LogP contribution >= 0.6 is 0 Å². The zero-order valence-electron chi connectivity index (χ0n) is 12.6. The van der Waals surface area contributed by atoms with Gasteiger partial charge in [0, 0.05) is 6.54 Å². The van der Waals surface area contributed by atoms with E-state index in [1.165, 1.54) is 7.85 Å². The van der Waals surface area contributed by atoms with E-state index in [0.29, 0.717) is 18.9 Å². The van der Waals surface area contributed by atoms with Gasteiger partial charge >= 0.3 is 0 Å². The molecule has 0 fully saturated rings. The first-order chi connectivity index (χ1) is 9.49. The van der Waals surface area contributed by atoms with Crippen LogP contribution in [0, 0.1) is 5.92 Å². The molecule has 0 saturated carbocycles. The van der Waals surface area contributed by atoms with E-state index in [0.717, 1.165) is 12.1 Å². The molecular weight excluding hydrogens is 251 g/mol. The lowest BCUT2D eigenvalue weighted by Crippen LogP contribution is -2.48. The second-order valence-electron chi connectivity index (χ2n) is 5.62. The van der Waals surface area contributed by atoms with E-state index in [4.69, 9.17) is 0 Å². The van der Waals surface area contributed by atoms with Crippen LogP contribution in [-0.4, -0.2) is 44.0 Å². The minimum atomic E-state index is -0.599. The van der Waals surface area contributed by atoms with E-state index in [-0.39, 0.29) is 11.8 Å². The number of nitrogens with one attached hydrogen (secondary N) is 2. The van der Waals surface area contributed by atoms with Crippen LogP contribution in [0.25, 0.3) is 0 Å². The van der Waals surface area contributed by atoms with Gasteiger partial charge in [-0.05, 0) is 24.4 Å². The van der Waals surface area contributed by atoms with Crippen molar-refractivity contribution in [2.24, 2.45) is 5.92 Å². The van der Waals surface area contributed by atoms with Crippen LogP contribution in [0.15, 0.2) is 30.3 Å². The van der Waals surface area contributed by atoms with Crippen molar-refractivity contribution in [2.75, 3.05) is 13.1 Å². The number of rotatable bonds is 8. The Hall–Kier alpha value is -1.33. The zero-order valence-corrected chi connectivity index (χ0v) is 12.6. The van der Waals surface area contributed by atoms with Gasteiger partial charge in [0.25, 0.3) is 0 Å². The molecule has 0 aliphatic heterocycles. The SMILES string of the molecule is BC(=O)N[C@@H](Cc1ccccc1)[C@H](O)CNCC(C)C. The van der Waals surface area contributed by atoms with Gasteiger partial charge in [0.05, 0.1) is 12.1 Å². The van der Waals surface area contributed by atoms with Crippen molar-refractivity contribution in [2.45, 2.75) is 32.4 Å². The Morgan fingerprint density at radius 1 is 1.25 bits per heavy atom. The maximum atomic E-state index is 11.3. The number of carbonyl (C=O) groups excluding carboxylic acids is 1. The summed E-state index contributed by atoms with van der Waals surface area (Å²) in [5, 5.41) is 16.3. The molecule has 110 valence electrons. The Kier molecular flexibility index (Phi) is 7.33. The van der Waals surface area contributed by atoms with Crippen LogP contribution in [0.2, 0.25) is 0 Å². The summed E-state index contributed by atoms with van der Waals surface area (Å²) in [5.41, 5.74) is 1.11. The molecule has 2 atom stereocenters. The Morgan fingerprint density at radius 3 is 2.45 bits per heavy atom. The first-order valence-corrected chi connectivity index (χ1v) is 7.19. The molecule has 1 aromatic carbocycles. The number of hydrogen-bond donors (Lipinski definition) is 3. The third-order valence-electron chi connectivity index (χ3n) is 3.06. The fraction of sp³-hybridized carbons (Fsp3) is 0.533. The third-order valence-corrected chi connectivity index (χ3v) is 3.06. The van der Waals surface area contributed by atoms with Gasteiger partial charge in [0.15, 0.2) is 5.81 Å². The molecule has 0 aliphatic rings. The predicted octanol–water partition coefficient (Wildman–Crippen LogP) is 0.547. The highest BCUT2D eigenvalue weighted by Gasteiger charge is 2.20. The monoisotopic (exact) mass is 276 g/mol. The van der Waals surface area contributed by atoms with Crippen molar-refractivity contribution in [1.29, 1.82) is 0 Å². The molecule has 0 saturated heterocycles. The van der Waals surface area contributed by atoms with Crippen LogP contribution in [0.4, 0.5) is 4.79 Å². The average molecular weight is 276 g/mol. The number of hydrogen-bond acceptors (Lipinski definition) is 3. The summed E-state index contributed by atoms with van der Waals surface area (Å²) in [7, 11) is 1.48. The van der Waals surface area contributed by atoms with Gasteiger partial charge in [0.1, 0.15) is 0 Å². The van der Waals surface area contributed by atoms with Crippen molar-refractivity contribution < 1.29 is 9.90 Å². The summed E-state index contributed by atoms with van der Waals surface area (Å²) < 4.78 is 0. The summed E-state index contributed by atoms with van der Waals surface area (Å²) >= 11 is 0.